The molecule has 2 atom stereocenters. The van der Waals surface area contributed by atoms with Crippen LogP contribution in [0.5, 0.6) is 11.5 Å². The summed E-state index contributed by atoms with van der Waals surface area (Å²) in [5, 5.41) is 0.171. The molecule has 0 aliphatic rings. The molecule has 0 N–H and O–H groups in total. The third kappa shape index (κ3) is 4.94. The standard InChI is InChI=1S/C16H25ClO2/c1-5-6-7-12(2)14(17)10-13-8-9-15(18-3)16(11-13)19-4/h8-9,11-12,14H,5-7,10H2,1-4H3. The molecule has 0 fully saturated rings. The van der Waals surface area contributed by atoms with Gasteiger partial charge in [0.1, 0.15) is 0 Å². The fraction of sp³-hybridized carbons (Fsp3) is 0.625. The van der Waals surface area contributed by atoms with Gasteiger partial charge in [-0.1, -0.05) is 32.8 Å². The van der Waals surface area contributed by atoms with Gasteiger partial charge in [-0.3, -0.25) is 0 Å². The number of halogens is 1. The van der Waals surface area contributed by atoms with Gasteiger partial charge in [-0.15, -0.1) is 11.6 Å². The first-order chi connectivity index (χ1) is 9.12. The highest BCUT2D eigenvalue weighted by molar-refractivity contribution is 6.20. The van der Waals surface area contributed by atoms with Crippen molar-refractivity contribution in [2.24, 2.45) is 5.92 Å². The summed E-state index contributed by atoms with van der Waals surface area (Å²) in [6.45, 7) is 4.44. The van der Waals surface area contributed by atoms with Crippen LogP contribution in [0.4, 0.5) is 0 Å². The minimum absolute atomic E-state index is 0.171. The Morgan fingerprint density at radius 1 is 1.16 bits per heavy atom. The van der Waals surface area contributed by atoms with E-state index in [2.05, 4.69) is 19.9 Å². The van der Waals surface area contributed by atoms with Crippen molar-refractivity contribution in [2.45, 2.75) is 44.9 Å². The Morgan fingerprint density at radius 2 is 1.84 bits per heavy atom. The molecule has 3 heteroatoms. The van der Waals surface area contributed by atoms with Crippen molar-refractivity contribution < 1.29 is 9.47 Å². The quantitative estimate of drug-likeness (QED) is 0.645. The van der Waals surface area contributed by atoms with E-state index in [1.807, 2.05) is 12.1 Å². The number of alkyl halides is 1. The molecule has 2 unspecified atom stereocenters. The number of methoxy groups -OCH3 is 2. The molecular weight excluding hydrogens is 260 g/mol. The van der Waals surface area contributed by atoms with Crippen molar-refractivity contribution in [1.29, 1.82) is 0 Å². The second-order valence-electron chi connectivity index (χ2n) is 5.03. The Balaban J connectivity index is 2.66. The largest absolute Gasteiger partial charge is 0.493 e. The highest BCUT2D eigenvalue weighted by atomic mass is 35.5. The van der Waals surface area contributed by atoms with E-state index in [0.29, 0.717) is 5.92 Å². The summed E-state index contributed by atoms with van der Waals surface area (Å²) in [6, 6.07) is 6.01. The zero-order valence-corrected chi connectivity index (χ0v) is 13.2. The predicted octanol–water partition coefficient (Wildman–Crippen LogP) is 4.68. The number of rotatable bonds is 8. The Kier molecular flexibility index (Phi) is 7.07. The van der Waals surface area contributed by atoms with E-state index in [4.69, 9.17) is 21.1 Å². The van der Waals surface area contributed by atoms with Crippen LogP contribution in [-0.4, -0.2) is 19.6 Å². The van der Waals surface area contributed by atoms with Crippen molar-refractivity contribution in [3.8, 4) is 11.5 Å². The fourth-order valence-corrected chi connectivity index (χ4v) is 2.45. The lowest BCUT2D eigenvalue weighted by Gasteiger charge is -2.18. The number of ether oxygens (including phenoxy) is 2. The molecule has 0 heterocycles. The van der Waals surface area contributed by atoms with E-state index < -0.39 is 0 Å². The molecule has 0 aliphatic heterocycles. The van der Waals surface area contributed by atoms with Crippen LogP contribution in [-0.2, 0) is 6.42 Å². The van der Waals surface area contributed by atoms with Crippen LogP contribution in [0.15, 0.2) is 18.2 Å². The summed E-state index contributed by atoms with van der Waals surface area (Å²) < 4.78 is 10.6. The number of unbranched alkanes of at least 4 members (excludes halogenated alkanes) is 1. The van der Waals surface area contributed by atoms with Crippen molar-refractivity contribution in [1.82, 2.24) is 0 Å². The Hall–Kier alpha value is -0.890. The van der Waals surface area contributed by atoms with E-state index in [9.17, 15) is 0 Å². The van der Waals surface area contributed by atoms with Crippen LogP contribution in [0.3, 0.4) is 0 Å². The van der Waals surface area contributed by atoms with Crippen LogP contribution in [0.2, 0.25) is 0 Å². The van der Waals surface area contributed by atoms with Gasteiger partial charge in [0.25, 0.3) is 0 Å². The third-order valence-corrected chi connectivity index (χ3v) is 4.09. The van der Waals surface area contributed by atoms with Crippen molar-refractivity contribution in [3.63, 3.8) is 0 Å². The highest BCUT2D eigenvalue weighted by Gasteiger charge is 2.15. The van der Waals surface area contributed by atoms with E-state index in [1.54, 1.807) is 14.2 Å². The zero-order valence-electron chi connectivity index (χ0n) is 12.4. The summed E-state index contributed by atoms with van der Waals surface area (Å²) in [6.07, 6.45) is 4.53. The molecule has 0 radical (unpaired) electrons. The summed E-state index contributed by atoms with van der Waals surface area (Å²) in [4.78, 5) is 0. The molecule has 0 spiro atoms. The lowest BCUT2D eigenvalue weighted by atomic mass is 9.95. The molecule has 1 aromatic rings. The summed E-state index contributed by atoms with van der Waals surface area (Å²) >= 11 is 6.50. The summed E-state index contributed by atoms with van der Waals surface area (Å²) in [7, 11) is 3.30. The van der Waals surface area contributed by atoms with Crippen LogP contribution in [0.25, 0.3) is 0 Å². The van der Waals surface area contributed by atoms with Gasteiger partial charge in [0.05, 0.1) is 14.2 Å². The van der Waals surface area contributed by atoms with E-state index in [0.717, 1.165) is 17.9 Å². The molecular formula is C16H25ClO2. The van der Waals surface area contributed by atoms with Crippen LogP contribution < -0.4 is 9.47 Å². The van der Waals surface area contributed by atoms with Crippen molar-refractivity contribution in [3.05, 3.63) is 23.8 Å². The Bertz CT molecular complexity index is 379. The third-order valence-electron chi connectivity index (χ3n) is 3.51. The molecule has 0 aliphatic carbocycles. The minimum Gasteiger partial charge on any atom is -0.493 e. The van der Waals surface area contributed by atoms with Crippen LogP contribution >= 0.6 is 11.6 Å². The highest BCUT2D eigenvalue weighted by Crippen LogP contribution is 2.29. The van der Waals surface area contributed by atoms with Gasteiger partial charge in [-0.2, -0.15) is 0 Å². The second kappa shape index (κ2) is 8.31. The van der Waals surface area contributed by atoms with Gasteiger partial charge in [-0.05, 0) is 36.5 Å². The molecule has 1 aromatic carbocycles. The van der Waals surface area contributed by atoms with Gasteiger partial charge in [-0.25, -0.2) is 0 Å². The summed E-state index contributed by atoms with van der Waals surface area (Å²) in [5.41, 5.74) is 1.20. The number of hydrogen-bond donors (Lipinski definition) is 0. The SMILES string of the molecule is CCCCC(C)C(Cl)Cc1ccc(OC)c(OC)c1. The minimum atomic E-state index is 0.171. The molecule has 108 valence electrons. The Labute approximate surface area is 122 Å². The van der Waals surface area contributed by atoms with Crippen molar-refractivity contribution >= 4 is 11.6 Å². The number of hydrogen-bond acceptors (Lipinski definition) is 2. The molecule has 0 bridgehead atoms. The van der Waals surface area contributed by atoms with Gasteiger partial charge in [0.2, 0.25) is 0 Å². The molecule has 0 aromatic heterocycles. The maximum atomic E-state index is 6.50. The second-order valence-corrected chi connectivity index (χ2v) is 5.59. The molecule has 0 saturated heterocycles. The zero-order chi connectivity index (χ0) is 14.3. The smallest absolute Gasteiger partial charge is 0.160 e. The topological polar surface area (TPSA) is 18.5 Å². The lowest BCUT2D eigenvalue weighted by Crippen LogP contribution is -2.14. The average molecular weight is 285 g/mol. The maximum absolute atomic E-state index is 6.50. The van der Waals surface area contributed by atoms with E-state index in [-0.39, 0.29) is 5.38 Å². The first kappa shape index (κ1) is 16.2. The van der Waals surface area contributed by atoms with Gasteiger partial charge in [0.15, 0.2) is 11.5 Å². The van der Waals surface area contributed by atoms with Crippen molar-refractivity contribution in [2.75, 3.05) is 14.2 Å². The molecule has 2 nitrogen and oxygen atoms in total. The molecule has 1 rings (SSSR count). The number of benzene rings is 1. The van der Waals surface area contributed by atoms with Crippen LogP contribution in [0.1, 0.15) is 38.7 Å². The Morgan fingerprint density at radius 3 is 2.42 bits per heavy atom. The normalized spacial score (nSPS) is 13.9. The lowest BCUT2D eigenvalue weighted by molar-refractivity contribution is 0.354. The van der Waals surface area contributed by atoms with Crippen LogP contribution in [0, 0.1) is 5.92 Å². The monoisotopic (exact) mass is 284 g/mol. The predicted molar refractivity (Wildman–Crippen MR) is 81.6 cm³/mol. The fourth-order valence-electron chi connectivity index (χ4n) is 2.14. The summed E-state index contributed by atoms with van der Waals surface area (Å²) in [5.74, 6) is 2.07. The van der Waals surface area contributed by atoms with E-state index in [1.165, 1.54) is 24.8 Å². The molecule has 0 saturated carbocycles. The first-order valence-electron chi connectivity index (χ1n) is 6.97. The molecule has 0 amide bonds. The van der Waals surface area contributed by atoms with Gasteiger partial charge < -0.3 is 9.47 Å². The van der Waals surface area contributed by atoms with Gasteiger partial charge >= 0.3 is 0 Å². The maximum Gasteiger partial charge on any atom is 0.160 e. The molecule has 19 heavy (non-hydrogen) atoms. The van der Waals surface area contributed by atoms with Gasteiger partial charge in [0, 0.05) is 5.38 Å². The average Bonchev–Trinajstić information content (AvgIpc) is 2.44. The first-order valence-corrected chi connectivity index (χ1v) is 7.41. The van der Waals surface area contributed by atoms with E-state index >= 15 is 0 Å².